The SMILES string of the molecule is Cc1ccc(C(=O)OCc2ccc([N+](=O)[O-])cc2)cc1S(=O)(=O)N1CCOCC1. The highest BCUT2D eigenvalue weighted by Gasteiger charge is 2.28. The van der Waals surface area contributed by atoms with Gasteiger partial charge in [0.2, 0.25) is 10.0 Å². The highest BCUT2D eigenvalue weighted by Crippen LogP contribution is 2.23. The van der Waals surface area contributed by atoms with E-state index >= 15 is 0 Å². The van der Waals surface area contributed by atoms with Gasteiger partial charge in [0, 0.05) is 25.2 Å². The Morgan fingerprint density at radius 1 is 1.17 bits per heavy atom. The van der Waals surface area contributed by atoms with E-state index in [4.69, 9.17) is 9.47 Å². The predicted molar refractivity (Wildman–Crippen MR) is 103 cm³/mol. The Hall–Kier alpha value is -2.82. The molecule has 0 aromatic heterocycles. The average Bonchev–Trinajstić information content (AvgIpc) is 2.73. The zero-order valence-corrected chi connectivity index (χ0v) is 16.6. The van der Waals surface area contributed by atoms with Crippen LogP contribution in [0.1, 0.15) is 21.5 Å². The number of esters is 1. The number of ether oxygens (including phenoxy) is 2. The molecule has 10 heteroatoms. The Morgan fingerprint density at radius 2 is 1.83 bits per heavy atom. The molecular weight excluding hydrogens is 400 g/mol. The number of benzene rings is 2. The van der Waals surface area contributed by atoms with Crippen LogP contribution in [0.3, 0.4) is 0 Å². The van der Waals surface area contributed by atoms with Crippen LogP contribution >= 0.6 is 0 Å². The summed E-state index contributed by atoms with van der Waals surface area (Å²) < 4.78 is 37.6. The Bertz CT molecular complexity index is 1010. The van der Waals surface area contributed by atoms with Crippen LogP contribution in [0.25, 0.3) is 0 Å². The van der Waals surface area contributed by atoms with E-state index in [2.05, 4.69) is 0 Å². The van der Waals surface area contributed by atoms with Crippen molar-refractivity contribution in [3.05, 3.63) is 69.3 Å². The van der Waals surface area contributed by atoms with Gasteiger partial charge in [-0.25, -0.2) is 13.2 Å². The quantitative estimate of drug-likeness (QED) is 0.400. The highest BCUT2D eigenvalue weighted by atomic mass is 32.2. The highest BCUT2D eigenvalue weighted by molar-refractivity contribution is 7.89. The molecule has 29 heavy (non-hydrogen) atoms. The van der Waals surface area contributed by atoms with Gasteiger partial charge in [0.15, 0.2) is 0 Å². The van der Waals surface area contributed by atoms with Gasteiger partial charge in [-0.05, 0) is 42.3 Å². The second kappa shape index (κ2) is 8.68. The molecule has 3 rings (SSSR count). The van der Waals surface area contributed by atoms with E-state index in [0.717, 1.165) is 0 Å². The maximum atomic E-state index is 12.9. The first-order valence-corrected chi connectivity index (χ1v) is 10.3. The summed E-state index contributed by atoms with van der Waals surface area (Å²) >= 11 is 0. The number of hydrogen-bond acceptors (Lipinski definition) is 7. The average molecular weight is 420 g/mol. The van der Waals surface area contributed by atoms with Crippen LogP contribution in [0.2, 0.25) is 0 Å². The molecule has 0 unspecified atom stereocenters. The summed E-state index contributed by atoms with van der Waals surface area (Å²) in [4.78, 5) is 22.6. The van der Waals surface area contributed by atoms with Crippen LogP contribution in [0, 0.1) is 17.0 Å². The van der Waals surface area contributed by atoms with Gasteiger partial charge in [-0.15, -0.1) is 0 Å². The van der Waals surface area contributed by atoms with E-state index < -0.39 is 20.9 Å². The molecule has 0 spiro atoms. The number of sulfonamides is 1. The van der Waals surface area contributed by atoms with Gasteiger partial charge in [-0.3, -0.25) is 10.1 Å². The number of nitro benzene ring substituents is 1. The van der Waals surface area contributed by atoms with Crippen LogP contribution in [-0.4, -0.2) is 49.9 Å². The molecule has 1 heterocycles. The molecule has 1 fully saturated rings. The summed E-state index contributed by atoms with van der Waals surface area (Å²) in [7, 11) is -3.75. The van der Waals surface area contributed by atoms with Crippen LogP contribution in [0.15, 0.2) is 47.4 Å². The fourth-order valence-corrected chi connectivity index (χ4v) is 4.54. The first-order valence-electron chi connectivity index (χ1n) is 8.88. The molecule has 1 aliphatic heterocycles. The third kappa shape index (κ3) is 4.78. The third-order valence-corrected chi connectivity index (χ3v) is 6.57. The number of hydrogen-bond donors (Lipinski definition) is 0. The molecule has 0 atom stereocenters. The predicted octanol–water partition coefficient (Wildman–Crippen LogP) is 2.28. The fraction of sp³-hybridized carbons (Fsp3) is 0.316. The minimum atomic E-state index is -3.75. The molecule has 0 bridgehead atoms. The molecule has 2 aromatic carbocycles. The number of aryl methyl sites for hydroxylation is 1. The summed E-state index contributed by atoms with van der Waals surface area (Å²) in [5.41, 5.74) is 1.17. The van der Waals surface area contributed by atoms with E-state index in [0.29, 0.717) is 24.3 Å². The number of nitro groups is 1. The zero-order valence-electron chi connectivity index (χ0n) is 15.7. The van der Waals surface area contributed by atoms with Gasteiger partial charge in [0.1, 0.15) is 6.61 Å². The number of rotatable bonds is 6. The summed E-state index contributed by atoms with van der Waals surface area (Å²) in [5, 5.41) is 10.7. The van der Waals surface area contributed by atoms with E-state index in [1.165, 1.54) is 40.7 Å². The van der Waals surface area contributed by atoms with Gasteiger partial charge in [0.05, 0.1) is 28.6 Å². The number of carbonyl (C=O) groups is 1. The van der Waals surface area contributed by atoms with Crippen molar-refractivity contribution in [2.24, 2.45) is 0 Å². The topological polar surface area (TPSA) is 116 Å². The van der Waals surface area contributed by atoms with Crippen LogP contribution in [0.5, 0.6) is 0 Å². The lowest BCUT2D eigenvalue weighted by molar-refractivity contribution is -0.384. The Kier molecular flexibility index (Phi) is 6.26. The lowest BCUT2D eigenvalue weighted by atomic mass is 10.1. The molecule has 154 valence electrons. The summed E-state index contributed by atoms with van der Waals surface area (Å²) in [6, 6.07) is 10.0. The molecule has 9 nitrogen and oxygen atoms in total. The van der Waals surface area contributed by atoms with Crippen molar-refractivity contribution >= 4 is 21.7 Å². The maximum Gasteiger partial charge on any atom is 0.338 e. The van der Waals surface area contributed by atoms with E-state index in [-0.39, 0.29) is 35.8 Å². The lowest BCUT2D eigenvalue weighted by Crippen LogP contribution is -2.40. The monoisotopic (exact) mass is 420 g/mol. The molecule has 1 aliphatic rings. The van der Waals surface area contributed by atoms with Crippen molar-refractivity contribution in [1.82, 2.24) is 4.31 Å². The third-order valence-electron chi connectivity index (χ3n) is 4.53. The molecule has 2 aromatic rings. The van der Waals surface area contributed by atoms with Crippen molar-refractivity contribution < 1.29 is 27.6 Å². The van der Waals surface area contributed by atoms with Crippen molar-refractivity contribution in [2.75, 3.05) is 26.3 Å². The van der Waals surface area contributed by atoms with Crippen molar-refractivity contribution in [3.63, 3.8) is 0 Å². The number of nitrogens with zero attached hydrogens (tertiary/aromatic N) is 2. The normalized spacial score (nSPS) is 15.1. The second-order valence-electron chi connectivity index (χ2n) is 6.50. The maximum absolute atomic E-state index is 12.9. The Labute approximate surface area is 168 Å². The summed E-state index contributed by atoms with van der Waals surface area (Å²) in [5.74, 6) is -0.679. The second-order valence-corrected chi connectivity index (χ2v) is 8.40. The molecule has 1 saturated heterocycles. The smallest absolute Gasteiger partial charge is 0.338 e. The number of carbonyl (C=O) groups excluding carboxylic acids is 1. The summed E-state index contributed by atoms with van der Waals surface area (Å²) in [6.07, 6.45) is 0. The molecule has 0 amide bonds. The summed E-state index contributed by atoms with van der Waals surface area (Å²) in [6.45, 7) is 2.76. The van der Waals surface area contributed by atoms with E-state index in [1.807, 2.05) is 0 Å². The lowest BCUT2D eigenvalue weighted by Gasteiger charge is -2.26. The van der Waals surface area contributed by atoms with E-state index in [1.54, 1.807) is 13.0 Å². The first-order chi connectivity index (χ1) is 13.8. The molecule has 0 N–H and O–H groups in total. The van der Waals surface area contributed by atoms with Crippen molar-refractivity contribution in [2.45, 2.75) is 18.4 Å². The largest absolute Gasteiger partial charge is 0.457 e. The Morgan fingerprint density at radius 3 is 2.45 bits per heavy atom. The van der Waals surface area contributed by atoms with Crippen LogP contribution in [0.4, 0.5) is 5.69 Å². The number of non-ortho nitro benzene ring substituents is 1. The van der Waals surface area contributed by atoms with E-state index in [9.17, 15) is 23.3 Å². The molecule has 0 saturated carbocycles. The van der Waals surface area contributed by atoms with Gasteiger partial charge in [-0.1, -0.05) is 6.07 Å². The van der Waals surface area contributed by atoms with Crippen LogP contribution < -0.4 is 0 Å². The van der Waals surface area contributed by atoms with Crippen molar-refractivity contribution in [3.8, 4) is 0 Å². The van der Waals surface area contributed by atoms with Gasteiger partial charge < -0.3 is 9.47 Å². The number of morpholine rings is 1. The van der Waals surface area contributed by atoms with Crippen molar-refractivity contribution in [1.29, 1.82) is 0 Å². The zero-order chi connectivity index (χ0) is 21.0. The van der Waals surface area contributed by atoms with Gasteiger partial charge in [-0.2, -0.15) is 4.31 Å². The van der Waals surface area contributed by atoms with Crippen LogP contribution in [-0.2, 0) is 26.1 Å². The molecule has 0 radical (unpaired) electrons. The Balaban J connectivity index is 1.74. The minimum absolute atomic E-state index is 0.0587. The van der Waals surface area contributed by atoms with Gasteiger partial charge >= 0.3 is 5.97 Å². The standard InChI is InChI=1S/C19H20N2O7S/c1-14-2-5-16(12-18(14)29(25,26)20-8-10-27-11-9-20)19(22)28-13-15-3-6-17(7-4-15)21(23)24/h2-7,12H,8-11,13H2,1H3. The van der Waals surface area contributed by atoms with Gasteiger partial charge in [0.25, 0.3) is 5.69 Å². The fourth-order valence-electron chi connectivity index (χ4n) is 2.88. The molecular formula is C19H20N2O7S. The first kappa shape index (κ1) is 20.9. The molecule has 0 aliphatic carbocycles. The minimum Gasteiger partial charge on any atom is -0.457 e.